The molecule has 110 valence electrons. The molecular formula is C15H14F2N2O2. The number of ether oxygens (including phenoxy) is 1. The Bertz CT molecular complexity index is 647. The summed E-state index contributed by atoms with van der Waals surface area (Å²) >= 11 is 0. The van der Waals surface area contributed by atoms with Gasteiger partial charge in [-0.25, -0.2) is 8.78 Å². The molecular weight excluding hydrogens is 278 g/mol. The number of halogens is 2. The Balaban J connectivity index is 1.94. The minimum Gasteiger partial charge on any atom is -0.495 e. The summed E-state index contributed by atoms with van der Waals surface area (Å²) in [5, 5.41) is 5.37. The van der Waals surface area contributed by atoms with Crippen LogP contribution in [-0.4, -0.2) is 19.6 Å². The fourth-order valence-corrected chi connectivity index (χ4v) is 1.75. The largest absolute Gasteiger partial charge is 0.495 e. The fourth-order valence-electron chi connectivity index (χ4n) is 1.75. The van der Waals surface area contributed by atoms with Crippen molar-refractivity contribution in [1.82, 2.24) is 0 Å². The van der Waals surface area contributed by atoms with Crippen LogP contribution in [0.5, 0.6) is 5.75 Å². The van der Waals surface area contributed by atoms with Crippen LogP contribution >= 0.6 is 0 Å². The summed E-state index contributed by atoms with van der Waals surface area (Å²) in [4.78, 5) is 11.8. The van der Waals surface area contributed by atoms with Crippen molar-refractivity contribution >= 4 is 17.3 Å². The summed E-state index contributed by atoms with van der Waals surface area (Å²) in [5.41, 5.74) is 0.862. The maximum atomic E-state index is 13.0. The lowest BCUT2D eigenvalue weighted by Crippen LogP contribution is -2.22. The lowest BCUT2D eigenvalue weighted by Gasteiger charge is -2.11. The minimum atomic E-state index is -1.01. The average Bonchev–Trinajstić information content (AvgIpc) is 2.49. The van der Waals surface area contributed by atoms with Gasteiger partial charge in [0.1, 0.15) is 5.75 Å². The van der Waals surface area contributed by atoms with Crippen LogP contribution in [0.2, 0.25) is 0 Å². The molecule has 0 aliphatic heterocycles. The van der Waals surface area contributed by atoms with Crippen molar-refractivity contribution in [2.75, 3.05) is 24.3 Å². The van der Waals surface area contributed by atoms with E-state index in [2.05, 4.69) is 10.6 Å². The van der Waals surface area contributed by atoms with Crippen molar-refractivity contribution in [1.29, 1.82) is 0 Å². The number of anilines is 2. The number of methoxy groups -OCH3 is 1. The predicted molar refractivity (Wildman–Crippen MR) is 76.5 cm³/mol. The molecule has 0 aliphatic carbocycles. The highest BCUT2D eigenvalue weighted by atomic mass is 19.2. The molecule has 0 heterocycles. The molecule has 21 heavy (non-hydrogen) atoms. The maximum absolute atomic E-state index is 13.0. The monoisotopic (exact) mass is 292 g/mol. The zero-order valence-corrected chi connectivity index (χ0v) is 11.3. The molecule has 2 rings (SSSR count). The molecule has 0 aromatic heterocycles. The first kappa shape index (κ1) is 14.8. The summed E-state index contributed by atoms with van der Waals surface area (Å²) < 4.78 is 30.9. The second-order valence-electron chi connectivity index (χ2n) is 4.23. The molecule has 0 spiro atoms. The Kier molecular flexibility index (Phi) is 4.71. The Morgan fingerprint density at radius 3 is 2.62 bits per heavy atom. The Labute approximate surface area is 120 Å². The van der Waals surface area contributed by atoms with Crippen LogP contribution in [0.1, 0.15) is 0 Å². The Morgan fingerprint density at radius 1 is 1.14 bits per heavy atom. The topological polar surface area (TPSA) is 50.4 Å². The summed E-state index contributed by atoms with van der Waals surface area (Å²) in [6, 6.07) is 10.3. The van der Waals surface area contributed by atoms with Gasteiger partial charge >= 0.3 is 0 Å². The molecule has 0 unspecified atom stereocenters. The lowest BCUT2D eigenvalue weighted by molar-refractivity contribution is -0.114. The van der Waals surface area contributed by atoms with Crippen molar-refractivity contribution in [3.05, 3.63) is 54.1 Å². The molecule has 0 fully saturated rings. The number of hydrogen-bond donors (Lipinski definition) is 2. The first-order chi connectivity index (χ1) is 10.1. The van der Waals surface area contributed by atoms with Crippen LogP contribution in [0.4, 0.5) is 20.2 Å². The van der Waals surface area contributed by atoms with E-state index in [0.29, 0.717) is 11.4 Å². The number of hydrogen-bond acceptors (Lipinski definition) is 3. The van der Waals surface area contributed by atoms with Crippen molar-refractivity contribution < 1.29 is 18.3 Å². The van der Waals surface area contributed by atoms with Crippen molar-refractivity contribution in [3.8, 4) is 5.75 Å². The van der Waals surface area contributed by atoms with Gasteiger partial charge < -0.3 is 15.4 Å². The van der Waals surface area contributed by atoms with Crippen molar-refractivity contribution in [2.24, 2.45) is 0 Å². The van der Waals surface area contributed by atoms with E-state index < -0.39 is 11.6 Å². The number of para-hydroxylation sites is 2. The van der Waals surface area contributed by atoms with Gasteiger partial charge in [0.15, 0.2) is 11.6 Å². The molecule has 0 saturated heterocycles. The SMILES string of the molecule is COc1ccccc1NCC(=O)Nc1ccc(F)c(F)c1. The van der Waals surface area contributed by atoms with Gasteiger partial charge in [-0.15, -0.1) is 0 Å². The fraction of sp³-hybridized carbons (Fsp3) is 0.133. The normalized spacial score (nSPS) is 10.0. The first-order valence-electron chi connectivity index (χ1n) is 6.22. The lowest BCUT2D eigenvalue weighted by atomic mass is 10.3. The number of benzene rings is 2. The summed E-state index contributed by atoms with van der Waals surface area (Å²) in [6.07, 6.45) is 0. The smallest absolute Gasteiger partial charge is 0.243 e. The van der Waals surface area contributed by atoms with E-state index in [1.54, 1.807) is 18.2 Å². The molecule has 1 amide bonds. The summed E-state index contributed by atoms with van der Waals surface area (Å²) in [7, 11) is 1.53. The highest BCUT2D eigenvalue weighted by Crippen LogP contribution is 2.22. The molecule has 4 nitrogen and oxygen atoms in total. The molecule has 0 atom stereocenters. The van der Waals surface area contributed by atoms with Gasteiger partial charge in [-0.3, -0.25) is 4.79 Å². The highest BCUT2D eigenvalue weighted by molar-refractivity contribution is 5.93. The van der Waals surface area contributed by atoms with Gasteiger partial charge in [-0.1, -0.05) is 12.1 Å². The van der Waals surface area contributed by atoms with Crippen LogP contribution in [0.15, 0.2) is 42.5 Å². The van der Waals surface area contributed by atoms with Gasteiger partial charge in [0.25, 0.3) is 0 Å². The second-order valence-corrected chi connectivity index (χ2v) is 4.23. The molecule has 0 bridgehead atoms. The molecule has 0 radical (unpaired) electrons. The Morgan fingerprint density at radius 2 is 1.90 bits per heavy atom. The number of amides is 1. The van der Waals surface area contributed by atoms with Crippen LogP contribution < -0.4 is 15.4 Å². The number of carbonyl (C=O) groups excluding carboxylic acids is 1. The first-order valence-corrected chi connectivity index (χ1v) is 6.22. The van der Waals surface area contributed by atoms with Crippen molar-refractivity contribution in [2.45, 2.75) is 0 Å². The highest BCUT2D eigenvalue weighted by Gasteiger charge is 2.07. The molecule has 2 aromatic carbocycles. The predicted octanol–water partition coefficient (Wildman–Crippen LogP) is 3.02. The molecule has 2 aromatic rings. The van der Waals surface area contributed by atoms with Gasteiger partial charge in [0, 0.05) is 11.8 Å². The molecule has 0 saturated carbocycles. The number of carbonyl (C=O) groups is 1. The zero-order chi connectivity index (χ0) is 15.2. The molecule has 2 N–H and O–H groups in total. The van der Waals surface area contributed by atoms with Crippen LogP contribution in [-0.2, 0) is 4.79 Å². The third kappa shape index (κ3) is 3.92. The second kappa shape index (κ2) is 6.69. The van der Waals surface area contributed by atoms with Gasteiger partial charge in [-0.2, -0.15) is 0 Å². The van der Waals surface area contributed by atoms with Crippen molar-refractivity contribution in [3.63, 3.8) is 0 Å². The van der Waals surface area contributed by atoms with E-state index >= 15 is 0 Å². The van der Waals surface area contributed by atoms with E-state index in [9.17, 15) is 13.6 Å². The van der Waals surface area contributed by atoms with E-state index in [1.165, 1.54) is 13.2 Å². The standard InChI is InChI=1S/C15H14F2N2O2/c1-21-14-5-3-2-4-13(14)18-9-15(20)19-10-6-7-11(16)12(17)8-10/h2-8,18H,9H2,1H3,(H,19,20). The van der Waals surface area contributed by atoms with Crippen LogP contribution in [0, 0.1) is 11.6 Å². The summed E-state index contributed by atoms with van der Waals surface area (Å²) in [5.74, 6) is -1.74. The number of rotatable bonds is 5. The Hall–Kier alpha value is -2.63. The van der Waals surface area contributed by atoms with Gasteiger partial charge in [0.05, 0.1) is 19.3 Å². The summed E-state index contributed by atoms with van der Waals surface area (Å²) in [6.45, 7) is -0.0284. The molecule has 6 heteroatoms. The van der Waals surface area contributed by atoms with E-state index in [-0.39, 0.29) is 18.1 Å². The van der Waals surface area contributed by atoms with Crippen LogP contribution in [0.25, 0.3) is 0 Å². The third-order valence-electron chi connectivity index (χ3n) is 2.75. The van der Waals surface area contributed by atoms with Crippen LogP contribution in [0.3, 0.4) is 0 Å². The van der Waals surface area contributed by atoms with E-state index in [1.807, 2.05) is 6.07 Å². The minimum absolute atomic E-state index is 0.0284. The third-order valence-corrected chi connectivity index (χ3v) is 2.75. The molecule has 0 aliphatic rings. The quantitative estimate of drug-likeness (QED) is 0.890. The van der Waals surface area contributed by atoms with Gasteiger partial charge in [0.2, 0.25) is 5.91 Å². The van der Waals surface area contributed by atoms with E-state index in [0.717, 1.165) is 12.1 Å². The average molecular weight is 292 g/mol. The van der Waals surface area contributed by atoms with Gasteiger partial charge in [-0.05, 0) is 24.3 Å². The van der Waals surface area contributed by atoms with E-state index in [4.69, 9.17) is 4.74 Å². The number of nitrogens with one attached hydrogen (secondary N) is 2. The zero-order valence-electron chi connectivity index (χ0n) is 11.3. The maximum Gasteiger partial charge on any atom is 0.243 e.